The van der Waals surface area contributed by atoms with Gasteiger partial charge in [0.2, 0.25) is 0 Å². The first kappa shape index (κ1) is 21.4. The quantitative estimate of drug-likeness (QED) is 0.441. The average Bonchev–Trinajstić information content (AvgIpc) is 2.53. The van der Waals surface area contributed by atoms with E-state index in [9.17, 15) is 13.0 Å². The highest BCUT2D eigenvalue weighted by molar-refractivity contribution is 9.10. The van der Waals surface area contributed by atoms with E-state index in [0.29, 0.717) is 33.1 Å². The molecule has 2 rings (SSSR count). The first-order chi connectivity index (χ1) is 12.1. The van der Waals surface area contributed by atoms with E-state index >= 15 is 0 Å². The van der Waals surface area contributed by atoms with E-state index in [0.717, 1.165) is 6.07 Å². The van der Waals surface area contributed by atoms with Gasteiger partial charge in [-0.3, -0.25) is 4.21 Å². The summed E-state index contributed by atoms with van der Waals surface area (Å²) in [6.45, 7) is 5.72. The molecule has 0 spiro atoms. The third kappa shape index (κ3) is 5.82. The second-order valence-electron chi connectivity index (χ2n) is 6.89. The number of hydrogen-bond acceptors (Lipinski definition) is 4. The summed E-state index contributed by atoms with van der Waals surface area (Å²) in [7, 11) is -1.14. The molecule has 142 valence electrons. The topological polar surface area (TPSA) is 42.9 Å². The fourth-order valence-electron chi connectivity index (χ4n) is 2.43. The molecule has 3 nitrogen and oxygen atoms in total. The third-order valence-corrected chi connectivity index (χ3v) is 7.00. The van der Waals surface area contributed by atoms with Crippen LogP contribution in [0.25, 0.3) is 0 Å². The zero-order chi connectivity index (χ0) is 19.5. The molecule has 0 aliphatic heterocycles. The largest absolute Gasteiger partial charge is 0.259 e. The number of nitrogens with zero attached hydrogens (tertiary/aromatic N) is 2. The van der Waals surface area contributed by atoms with Gasteiger partial charge in [0, 0.05) is 39.5 Å². The van der Waals surface area contributed by atoms with Crippen LogP contribution in [0, 0.1) is 11.6 Å². The summed E-state index contributed by atoms with van der Waals surface area (Å²) in [5.41, 5.74) is 1.21. The Morgan fingerprint density at radius 2 is 1.85 bits per heavy atom. The minimum absolute atomic E-state index is 0.264. The lowest BCUT2D eigenvalue weighted by Crippen LogP contribution is -2.28. The van der Waals surface area contributed by atoms with E-state index in [1.54, 1.807) is 6.20 Å². The van der Waals surface area contributed by atoms with Crippen LogP contribution in [0.4, 0.5) is 8.78 Å². The van der Waals surface area contributed by atoms with Gasteiger partial charge in [0.25, 0.3) is 0 Å². The molecular weight excluding hydrogens is 442 g/mol. The number of benzene rings is 1. The lowest BCUT2D eigenvalue weighted by Gasteiger charge is -2.23. The van der Waals surface area contributed by atoms with Gasteiger partial charge >= 0.3 is 0 Å². The lowest BCUT2D eigenvalue weighted by atomic mass is 9.97. The Labute approximate surface area is 168 Å². The molecular formula is C18H21BrF2N2OS2. The maximum absolute atomic E-state index is 13.6. The van der Waals surface area contributed by atoms with Crippen LogP contribution in [0.2, 0.25) is 0 Å². The molecule has 26 heavy (non-hydrogen) atoms. The number of thioether (sulfide) groups is 1. The van der Waals surface area contributed by atoms with E-state index in [1.165, 1.54) is 23.9 Å². The predicted octanol–water partition coefficient (Wildman–Crippen LogP) is 5.11. The highest BCUT2D eigenvalue weighted by Gasteiger charge is 2.27. The summed E-state index contributed by atoms with van der Waals surface area (Å²) in [6.07, 6.45) is 3.87. The minimum atomic E-state index is -1.14. The van der Waals surface area contributed by atoms with Gasteiger partial charge in [0.1, 0.15) is 11.6 Å². The molecule has 0 saturated carbocycles. The fourth-order valence-corrected chi connectivity index (χ4v) is 4.43. The number of halogens is 3. The molecule has 0 aliphatic rings. The Balaban J connectivity index is 2.43. The highest BCUT2D eigenvalue weighted by atomic mass is 79.9. The Morgan fingerprint density at radius 3 is 2.38 bits per heavy atom. The first-order valence-corrected chi connectivity index (χ1v) is 11.3. The van der Waals surface area contributed by atoms with Crippen molar-refractivity contribution in [1.82, 2.24) is 9.97 Å². The maximum atomic E-state index is 13.6. The van der Waals surface area contributed by atoms with Crippen molar-refractivity contribution in [2.24, 2.45) is 0 Å². The van der Waals surface area contributed by atoms with E-state index < -0.39 is 27.2 Å². The molecule has 2 aromatic rings. The van der Waals surface area contributed by atoms with Gasteiger partial charge in [0.15, 0.2) is 5.16 Å². The number of rotatable bonds is 6. The molecule has 0 bridgehead atoms. The molecule has 0 unspecified atom stereocenters. The summed E-state index contributed by atoms with van der Waals surface area (Å²) >= 11 is 4.87. The highest BCUT2D eigenvalue weighted by Crippen LogP contribution is 2.30. The normalized spacial score (nSPS) is 14.3. The smallest absolute Gasteiger partial charge is 0.187 e. The van der Waals surface area contributed by atoms with Crippen LogP contribution in [0.1, 0.15) is 37.9 Å². The van der Waals surface area contributed by atoms with E-state index in [-0.39, 0.29) is 5.92 Å². The number of aromatic nitrogens is 2. The van der Waals surface area contributed by atoms with Crippen molar-refractivity contribution in [2.75, 3.05) is 12.0 Å². The zero-order valence-electron chi connectivity index (χ0n) is 15.1. The average molecular weight is 463 g/mol. The van der Waals surface area contributed by atoms with Crippen LogP contribution in [0.3, 0.4) is 0 Å². The van der Waals surface area contributed by atoms with Gasteiger partial charge in [-0.15, -0.1) is 0 Å². The predicted molar refractivity (Wildman–Crippen MR) is 107 cm³/mol. The standard InChI is InChI=1S/C18H21BrF2N2OS2/c1-18(2,3)26(24)10-12(5-11-6-13(20)8-14(21)7-11)16-15(19)9-22-17(23-16)25-4/h6-9,12H,5,10H2,1-4H3/t12-,26+/m0/s1. The fraction of sp³-hybridized carbons (Fsp3) is 0.444. The summed E-state index contributed by atoms with van der Waals surface area (Å²) in [6, 6.07) is 3.46. The summed E-state index contributed by atoms with van der Waals surface area (Å²) in [5, 5.41) is 0.597. The SMILES string of the molecule is CSc1ncc(Br)c([C@@H](Cc2cc(F)cc(F)c2)C[S@@](=O)C(C)(C)C)n1. The minimum Gasteiger partial charge on any atom is -0.259 e. The second kappa shape index (κ2) is 8.89. The van der Waals surface area contributed by atoms with E-state index in [2.05, 4.69) is 25.9 Å². The Morgan fingerprint density at radius 1 is 1.23 bits per heavy atom. The Hall–Kier alpha value is -0.860. The number of hydrogen-bond donors (Lipinski definition) is 0. The molecule has 2 atom stereocenters. The summed E-state index contributed by atoms with van der Waals surface area (Å²) < 4.78 is 40.2. The third-order valence-electron chi connectivity index (χ3n) is 3.76. The molecule has 0 radical (unpaired) electrons. The van der Waals surface area contributed by atoms with Crippen molar-refractivity contribution in [3.8, 4) is 0 Å². The molecule has 0 N–H and O–H groups in total. The lowest BCUT2D eigenvalue weighted by molar-refractivity contribution is 0.576. The molecule has 8 heteroatoms. The molecule has 0 aliphatic carbocycles. The van der Waals surface area contributed by atoms with Gasteiger partial charge in [-0.1, -0.05) is 11.8 Å². The molecule has 1 aromatic heterocycles. The molecule has 0 fully saturated rings. The van der Waals surface area contributed by atoms with Gasteiger partial charge in [0.05, 0.1) is 10.2 Å². The van der Waals surface area contributed by atoms with Crippen molar-refractivity contribution in [1.29, 1.82) is 0 Å². The van der Waals surface area contributed by atoms with Gasteiger partial charge in [-0.25, -0.2) is 18.7 Å². The van der Waals surface area contributed by atoms with Crippen molar-refractivity contribution in [3.05, 3.63) is 51.8 Å². The Bertz CT molecular complexity index is 792. The van der Waals surface area contributed by atoms with Crippen molar-refractivity contribution < 1.29 is 13.0 Å². The van der Waals surface area contributed by atoms with Crippen molar-refractivity contribution >= 4 is 38.5 Å². The van der Waals surface area contributed by atoms with Crippen LogP contribution >= 0.6 is 27.7 Å². The monoisotopic (exact) mass is 462 g/mol. The van der Waals surface area contributed by atoms with Crippen LogP contribution in [0.15, 0.2) is 34.0 Å². The molecule has 0 saturated heterocycles. The zero-order valence-corrected chi connectivity index (χ0v) is 18.3. The second-order valence-corrected chi connectivity index (χ2v) is 10.8. The van der Waals surface area contributed by atoms with Crippen LogP contribution < -0.4 is 0 Å². The summed E-state index contributed by atoms with van der Waals surface area (Å²) in [5.74, 6) is -1.17. The summed E-state index contributed by atoms with van der Waals surface area (Å²) in [4.78, 5) is 8.76. The Kier molecular flexibility index (Phi) is 7.33. The van der Waals surface area contributed by atoms with Crippen LogP contribution in [-0.2, 0) is 17.2 Å². The van der Waals surface area contributed by atoms with Crippen molar-refractivity contribution in [2.45, 2.75) is 43.0 Å². The van der Waals surface area contributed by atoms with Crippen molar-refractivity contribution in [3.63, 3.8) is 0 Å². The van der Waals surface area contributed by atoms with E-state index in [1.807, 2.05) is 27.0 Å². The van der Waals surface area contributed by atoms with E-state index in [4.69, 9.17) is 0 Å². The van der Waals surface area contributed by atoms with Crippen LogP contribution in [0.5, 0.6) is 0 Å². The molecule has 0 amide bonds. The van der Waals surface area contributed by atoms with Gasteiger partial charge in [-0.2, -0.15) is 0 Å². The molecule has 1 aromatic carbocycles. The first-order valence-electron chi connectivity index (χ1n) is 8.00. The van der Waals surface area contributed by atoms with Gasteiger partial charge in [-0.05, 0) is 67.1 Å². The van der Waals surface area contributed by atoms with Crippen LogP contribution in [-0.4, -0.2) is 30.9 Å². The molecule has 1 heterocycles. The van der Waals surface area contributed by atoms with Gasteiger partial charge < -0.3 is 0 Å². The maximum Gasteiger partial charge on any atom is 0.187 e.